The first-order valence-electron chi connectivity index (χ1n) is 6.81. The SMILES string of the molecule is Cc1cccc2c(SCCNC(=O)OC(C)(C)C)noc12. The zero-order valence-corrected chi connectivity index (χ0v) is 13.5. The van der Waals surface area contributed by atoms with Crippen LogP contribution in [0.4, 0.5) is 4.79 Å². The van der Waals surface area contributed by atoms with Crippen molar-refractivity contribution in [2.75, 3.05) is 12.3 Å². The summed E-state index contributed by atoms with van der Waals surface area (Å²) in [7, 11) is 0. The van der Waals surface area contributed by atoms with E-state index >= 15 is 0 Å². The third-order valence-electron chi connectivity index (χ3n) is 2.67. The van der Waals surface area contributed by atoms with Crippen molar-refractivity contribution in [3.63, 3.8) is 0 Å². The molecule has 21 heavy (non-hydrogen) atoms. The van der Waals surface area contributed by atoms with Crippen molar-refractivity contribution in [3.8, 4) is 0 Å². The van der Waals surface area contributed by atoms with Gasteiger partial charge in [-0.15, -0.1) is 11.8 Å². The summed E-state index contributed by atoms with van der Waals surface area (Å²) in [5.74, 6) is 0.703. The van der Waals surface area contributed by atoms with Gasteiger partial charge in [-0.2, -0.15) is 0 Å². The molecule has 1 aromatic carbocycles. The van der Waals surface area contributed by atoms with E-state index in [0.717, 1.165) is 21.6 Å². The summed E-state index contributed by atoms with van der Waals surface area (Å²) in [4.78, 5) is 11.5. The van der Waals surface area contributed by atoms with Crippen LogP contribution in [0.5, 0.6) is 0 Å². The number of carbonyl (C=O) groups is 1. The number of para-hydroxylation sites is 1. The number of alkyl carbamates (subject to hydrolysis) is 1. The van der Waals surface area contributed by atoms with Crippen molar-refractivity contribution < 1.29 is 14.1 Å². The normalized spacial score (nSPS) is 11.6. The molecular weight excluding hydrogens is 288 g/mol. The van der Waals surface area contributed by atoms with Crippen molar-refractivity contribution in [2.45, 2.75) is 38.3 Å². The predicted molar refractivity (Wildman–Crippen MR) is 83.7 cm³/mol. The highest BCUT2D eigenvalue weighted by atomic mass is 32.2. The summed E-state index contributed by atoms with van der Waals surface area (Å²) in [6.45, 7) is 8.02. The van der Waals surface area contributed by atoms with E-state index in [-0.39, 0.29) is 0 Å². The lowest BCUT2D eigenvalue weighted by Gasteiger charge is -2.19. The Morgan fingerprint density at radius 2 is 2.19 bits per heavy atom. The quantitative estimate of drug-likeness (QED) is 0.688. The van der Waals surface area contributed by atoms with E-state index in [4.69, 9.17) is 9.26 Å². The lowest BCUT2D eigenvalue weighted by molar-refractivity contribution is 0.0531. The van der Waals surface area contributed by atoms with Gasteiger partial charge in [-0.1, -0.05) is 17.3 Å². The second kappa shape index (κ2) is 6.39. The van der Waals surface area contributed by atoms with Gasteiger partial charge in [-0.25, -0.2) is 4.79 Å². The van der Waals surface area contributed by atoms with Crippen LogP contribution in [0, 0.1) is 6.92 Å². The standard InChI is InChI=1S/C15H20N2O3S/c1-10-6-5-7-11-12(10)20-17-13(11)21-9-8-16-14(18)19-15(2,3)4/h5-7H,8-9H2,1-4H3,(H,16,18). The highest BCUT2D eigenvalue weighted by molar-refractivity contribution is 7.99. The Hall–Kier alpha value is -1.69. The molecule has 0 atom stereocenters. The van der Waals surface area contributed by atoms with E-state index < -0.39 is 11.7 Å². The topological polar surface area (TPSA) is 64.4 Å². The minimum atomic E-state index is -0.475. The third-order valence-corrected chi connectivity index (χ3v) is 3.65. The first kappa shape index (κ1) is 15.7. The zero-order chi connectivity index (χ0) is 15.5. The maximum atomic E-state index is 11.5. The van der Waals surface area contributed by atoms with Crippen LogP contribution in [-0.2, 0) is 4.74 Å². The molecule has 0 fully saturated rings. The number of amides is 1. The lowest BCUT2D eigenvalue weighted by atomic mass is 10.2. The lowest BCUT2D eigenvalue weighted by Crippen LogP contribution is -2.33. The number of ether oxygens (including phenoxy) is 1. The van der Waals surface area contributed by atoms with Crippen LogP contribution < -0.4 is 5.32 Å². The Labute approximate surface area is 128 Å². The summed E-state index contributed by atoms with van der Waals surface area (Å²) in [5, 5.41) is 8.66. The molecule has 0 aliphatic rings. The number of thioether (sulfide) groups is 1. The van der Waals surface area contributed by atoms with Crippen LogP contribution in [0.2, 0.25) is 0 Å². The molecule has 0 spiro atoms. The van der Waals surface area contributed by atoms with E-state index in [2.05, 4.69) is 10.5 Å². The third kappa shape index (κ3) is 4.39. The first-order valence-corrected chi connectivity index (χ1v) is 7.80. The van der Waals surface area contributed by atoms with Gasteiger partial charge >= 0.3 is 6.09 Å². The summed E-state index contributed by atoms with van der Waals surface area (Å²) >= 11 is 1.55. The van der Waals surface area contributed by atoms with Gasteiger partial charge in [0.25, 0.3) is 0 Å². The summed E-state index contributed by atoms with van der Waals surface area (Å²) in [6, 6.07) is 5.96. The highest BCUT2D eigenvalue weighted by Gasteiger charge is 2.15. The number of rotatable bonds is 4. The molecule has 0 saturated carbocycles. The van der Waals surface area contributed by atoms with Crippen LogP contribution in [0.3, 0.4) is 0 Å². The molecule has 1 amide bonds. The second-order valence-corrected chi connectivity index (χ2v) is 6.80. The number of hydrogen-bond acceptors (Lipinski definition) is 5. The predicted octanol–water partition coefficient (Wildman–Crippen LogP) is 3.75. The van der Waals surface area contributed by atoms with E-state index in [0.29, 0.717) is 12.3 Å². The van der Waals surface area contributed by atoms with E-state index in [1.54, 1.807) is 11.8 Å². The molecular formula is C15H20N2O3S. The minimum absolute atomic E-state index is 0.399. The maximum absolute atomic E-state index is 11.5. The average Bonchev–Trinajstić information content (AvgIpc) is 2.77. The van der Waals surface area contributed by atoms with Gasteiger partial charge in [0.2, 0.25) is 0 Å². The van der Waals surface area contributed by atoms with Gasteiger partial charge in [-0.05, 0) is 39.3 Å². The Morgan fingerprint density at radius 3 is 2.90 bits per heavy atom. The molecule has 0 bridgehead atoms. The van der Waals surface area contributed by atoms with Gasteiger partial charge < -0.3 is 14.6 Å². The van der Waals surface area contributed by atoms with E-state index in [1.165, 1.54) is 0 Å². The fourth-order valence-corrected chi connectivity index (χ4v) is 2.60. The van der Waals surface area contributed by atoms with Crippen LogP contribution in [-0.4, -0.2) is 29.1 Å². The zero-order valence-electron chi connectivity index (χ0n) is 12.7. The molecule has 1 N–H and O–H groups in total. The molecule has 1 aromatic heterocycles. The van der Waals surface area contributed by atoms with Gasteiger partial charge in [0.15, 0.2) is 5.58 Å². The molecule has 114 valence electrons. The molecule has 1 heterocycles. The highest BCUT2D eigenvalue weighted by Crippen LogP contribution is 2.28. The molecule has 6 heteroatoms. The van der Waals surface area contributed by atoms with Crippen molar-refractivity contribution in [1.82, 2.24) is 10.5 Å². The van der Waals surface area contributed by atoms with Crippen molar-refractivity contribution in [1.29, 1.82) is 0 Å². The number of hydrogen-bond donors (Lipinski definition) is 1. The number of nitrogens with one attached hydrogen (secondary N) is 1. The van der Waals surface area contributed by atoms with Crippen molar-refractivity contribution >= 4 is 28.8 Å². The number of aryl methyl sites for hydroxylation is 1. The number of nitrogens with zero attached hydrogens (tertiary/aromatic N) is 1. The van der Waals surface area contributed by atoms with E-state index in [1.807, 2.05) is 45.9 Å². The van der Waals surface area contributed by atoms with Crippen LogP contribution in [0.25, 0.3) is 11.0 Å². The van der Waals surface area contributed by atoms with Gasteiger partial charge in [0.05, 0.1) is 5.39 Å². The fraction of sp³-hybridized carbons (Fsp3) is 0.467. The molecule has 0 aliphatic carbocycles. The summed E-state index contributed by atoms with van der Waals surface area (Å²) < 4.78 is 10.5. The largest absolute Gasteiger partial charge is 0.444 e. The number of aromatic nitrogens is 1. The van der Waals surface area contributed by atoms with Gasteiger partial charge in [-0.3, -0.25) is 0 Å². The monoisotopic (exact) mass is 308 g/mol. The Morgan fingerprint density at radius 1 is 1.43 bits per heavy atom. The summed E-state index contributed by atoms with van der Waals surface area (Å²) in [6.07, 6.45) is -0.399. The summed E-state index contributed by atoms with van der Waals surface area (Å²) in [5.41, 5.74) is 1.41. The minimum Gasteiger partial charge on any atom is -0.444 e. The fourth-order valence-electron chi connectivity index (χ4n) is 1.80. The Kier molecular flexibility index (Phi) is 4.77. The molecule has 0 saturated heterocycles. The molecule has 0 unspecified atom stereocenters. The molecule has 0 aliphatic heterocycles. The molecule has 0 radical (unpaired) electrons. The Bertz CT molecular complexity index is 631. The molecule has 5 nitrogen and oxygen atoms in total. The average molecular weight is 308 g/mol. The number of carbonyl (C=O) groups excluding carboxylic acids is 1. The van der Waals surface area contributed by atoms with Crippen molar-refractivity contribution in [3.05, 3.63) is 23.8 Å². The number of fused-ring (bicyclic) bond motifs is 1. The van der Waals surface area contributed by atoms with Crippen molar-refractivity contribution in [2.24, 2.45) is 0 Å². The smallest absolute Gasteiger partial charge is 0.407 e. The van der Waals surface area contributed by atoms with Crippen LogP contribution >= 0.6 is 11.8 Å². The Balaban J connectivity index is 1.83. The number of benzene rings is 1. The van der Waals surface area contributed by atoms with Crippen LogP contribution in [0.15, 0.2) is 27.7 Å². The van der Waals surface area contributed by atoms with Crippen LogP contribution in [0.1, 0.15) is 26.3 Å². The molecule has 2 rings (SSSR count). The maximum Gasteiger partial charge on any atom is 0.407 e. The first-order chi connectivity index (χ1) is 9.87. The second-order valence-electron chi connectivity index (χ2n) is 5.72. The molecule has 2 aromatic rings. The van der Waals surface area contributed by atoms with Gasteiger partial charge in [0, 0.05) is 12.3 Å². The van der Waals surface area contributed by atoms with Gasteiger partial charge in [0.1, 0.15) is 10.6 Å². The van der Waals surface area contributed by atoms with E-state index in [9.17, 15) is 4.79 Å².